The van der Waals surface area contributed by atoms with Gasteiger partial charge in [-0.15, -0.1) is 0 Å². The van der Waals surface area contributed by atoms with Crippen LogP contribution >= 0.6 is 0 Å². The zero-order valence-electron chi connectivity index (χ0n) is 15.2. The minimum absolute atomic E-state index is 0.157. The first-order valence-electron chi connectivity index (χ1n) is 8.63. The molecule has 0 bridgehead atoms. The average molecular weight is 389 g/mol. The predicted octanol–water partition coefficient (Wildman–Crippen LogP) is 2.08. The quantitative estimate of drug-likeness (QED) is 0.364. The van der Waals surface area contributed by atoms with Gasteiger partial charge in [-0.2, -0.15) is 0 Å². The maximum atomic E-state index is 12.7. The zero-order valence-corrected chi connectivity index (χ0v) is 15.2. The molecule has 0 aliphatic heterocycles. The van der Waals surface area contributed by atoms with Crippen LogP contribution in [-0.4, -0.2) is 30.5 Å². The number of hydrogen-bond acceptors (Lipinski definition) is 6. The lowest BCUT2D eigenvalue weighted by atomic mass is 10.1. The molecule has 0 saturated heterocycles. The Balaban J connectivity index is 1.84. The van der Waals surface area contributed by atoms with Gasteiger partial charge in [-0.3, -0.25) is 14.4 Å². The average Bonchev–Trinajstić information content (AvgIpc) is 2.72. The molecular formula is C21H15N3O5. The molecule has 4 aromatic rings. The second-order valence-electron chi connectivity index (χ2n) is 6.42. The molecule has 0 radical (unpaired) electrons. The van der Waals surface area contributed by atoms with Crippen molar-refractivity contribution in [2.75, 3.05) is 0 Å². The van der Waals surface area contributed by atoms with Crippen LogP contribution in [0.25, 0.3) is 28.0 Å². The molecule has 29 heavy (non-hydrogen) atoms. The van der Waals surface area contributed by atoms with E-state index >= 15 is 0 Å². The van der Waals surface area contributed by atoms with Crippen LogP contribution in [0.4, 0.5) is 0 Å². The summed E-state index contributed by atoms with van der Waals surface area (Å²) < 4.78 is 1.27. The summed E-state index contributed by atoms with van der Waals surface area (Å²) in [5.74, 6) is -1.56. The Morgan fingerprint density at radius 2 is 1.79 bits per heavy atom. The topological polar surface area (TPSA) is 125 Å². The van der Waals surface area contributed by atoms with E-state index in [-0.39, 0.29) is 17.0 Å². The standard InChI is InChI=1S/C21H15N3O5/c1-24-14-7-3-2-5-11(14)18(27)16(21(24)29)15(25)9-8-13-17(26)12-6-4-10-22-19(12)23-20(13)28/h2-10,27H,1H3,(H2,22,23,26,28). The Bertz CT molecular complexity index is 1450. The van der Waals surface area contributed by atoms with Crippen molar-refractivity contribution < 1.29 is 15.0 Å². The Kier molecular flexibility index (Phi) is 4.23. The summed E-state index contributed by atoms with van der Waals surface area (Å²) in [6.45, 7) is 0. The van der Waals surface area contributed by atoms with Gasteiger partial charge in [-0.25, -0.2) is 4.98 Å². The number of aromatic amines is 1. The highest BCUT2D eigenvalue weighted by atomic mass is 16.3. The van der Waals surface area contributed by atoms with Crippen molar-refractivity contribution in [1.82, 2.24) is 14.5 Å². The Morgan fingerprint density at radius 3 is 2.59 bits per heavy atom. The van der Waals surface area contributed by atoms with Crippen LogP contribution in [0.3, 0.4) is 0 Å². The van der Waals surface area contributed by atoms with Gasteiger partial charge >= 0.3 is 0 Å². The van der Waals surface area contributed by atoms with Crippen LogP contribution in [0.15, 0.2) is 58.3 Å². The number of nitrogens with one attached hydrogen (secondary N) is 1. The van der Waals surface area contributed by atoms with E-state index in [1.54, 1.807) is 36.4 Å². The van der Waals surface area contributed by atoms with Crippen LogP contribution in [0, 0.1) is 0 Å². The number of pyridine rings is 3. The van der Waals surface area contributed by atoms with Crippen molar-refractivity contribution in [2.45, 2.75) is 0 Å². The molecule has 144 valence electrons. The number of benzene rings is 1. The van der Waals surface area contributed by atoms with E-state index in [1.807, 2.05) is 0 Å². The third kappa shape index (κ3) is 2.87. The van der Waals surface area contributed by atoms with Gasteiger partial charge in [0.1, 0.15) is 22.7 Å². The van der Waals surface area contributed by atoms with Crippen LogP contribution in [0.1, 0.15) is 15.9 Å². The third-order valence-electron chi connectivity index (χ3n) is 4.72. The normalized spacial score (nSPS) is 11.5. The Hall–Kier alpha value is -4.20. The minimum atomic E-state index is -0.793. The van der Waals surface area contributed by atoms with Gasteiger partial charge in [0, 0.05) is 18.6 Å². The first-order valence-corrected chi connectivity index (χ1v) is 8.63. The number of aromatic hydroxyl groups is 2. The molecule has 8 nitrogen and oxygen atoms in total. The number of fused-ring (bicyclic) bond motifs is 2. The van der Waals surface area contributed by atoms with Crippen LogP contribution in [-0.2, 0) is 7.05 Å². The van der Waals surface area contributed by atoms with E-state index < -0.39 is 28.2 Å². The number of carbonyl (C=O) groups is 1. The highest BCUT2D eigenvalue weighted by molar-refractivity contribution is 6.11. The maximum absolute atomic E-state index is 12.7. The fraction of sp³-hybridized carbons (Fsp3) is 0.0476. The first-order chi connectivity index (χ1) is 13.9. The summed E-state index contributed by atoms with van der Waals surface area (Å²) >= 11 is 0. The van der Waals surface area contributed by atoms with Gasteiger partial charge in [0.05, 0.1) is 16.5 Å². The summed E-state index contributed by atoms with van der Waals surface area (Å²) in [7, 11) is 1.50. The number of H-pyrrole nitrogens is 1. The summed E-state index contributed by atoms with van der Waals surface area (Å²) in [5, 5.41) is 21.5. The minimum Gasteiger partial charge on any atom is -0.506 e. The summed E-state index contributed by atoms with van der Waals surface area (Å²) in [4.78, 5) is 44.0. The molecule has 0 amide bonds. The molecule has 0 aliphatic carbocycles. The van der Waals surface area contributed by atoms with Crippen LogP contribution in [0.2, 0.25) is 0 Å². The Labute approximate surface area is 163 Å². The van der Waals surface area contributed by atoms with E-state index in [4.69, 9.17) is 0 Å². The van der Waals surface area contributed by atoms with Crippen molar-refractivity contribution in [1.29, 1.82) is 0 Å². The van der Waals surface area contributed by atoms with E-state index in [2.05, 4.69) is 9.97 Å². The molecule has 0 unspecified atom stereocenters. The number of carbonyl (C=O) groups excluding carboxylic acids is 1. The number of aryl methyl sites for hydroxylation is 1. The lowest BCUT2D eigenvalue weighted by Gasteiger charge is -2.09. The number of rotatable bonds is 3. The zero-order chi connectivity index (χ0) is 20.7. The van der Waals surface area contributed by atoms with Gasteiger partial charge in [-0.05, 0) is 36.4 Å². The second kappa shape index (κ2) is 6.75. The molecule has 0 saturated carbocycles. The van der Waals surface area contributed by atoms with Crippen molar-refractivity contribution in [3.8, 4) is 11.5 Å². The number of aromatic nitrogens is 3. The summed E-state index contributed by atoms with van der Waals surface area (Å²) in [6, 6.07) is 9.80. The molecule has 0 aliphatic rings. The monoisotopic (exact) mass is 389 g/mol. The molecule has 3 aromatic heterocycles. The fourth-order valence-electron chi connectivity index (χ4n) is 3.22. The third-order valence-corrected chi connectivity index (χ3v) is 4.72. The number of para-hydroxylation sites is 1. The largest absolute Gasteiger partial charge is 0.506 e. The van der Waals surface area contributed by atoms with Crippen molar-refractivity contribution in [3.05, 3.63) is 80.5 Å². The molecule has 8 heteroatoms. The van der Waals surface area contributed by atoms with E-state index in [9.17, 15) is 24.6 Å². The van der Waals surface area contributed by atoms with Crippen molar-refractivity contribution in [2.24, 2.45) is 7.05 Å². The molecule has 0 fully saturated rings. The summed E-state index contributed by atoms with van der Waals surface area (Å²) in [6.07, 6.45) is 3.55. The number of hydrogen-bond donors (Lipinski definition) is 3. The highest BCUT2D eigenvalue weighted by Gasteiger charge is 2.19. The van der Waals surface area contributed by atoms with Crippen LogP contribution < -0.4 is 11.1 Å². The van der Waals surface area contributed by atoms with Gasteiger partial charge in [0.25, 0.3) is 11.1 Å². The van der Waals surface area contributed by atoms with E-state index in [1.165, 1.54) is 17.8 Å². The number of ketones is 1. The lowest BCUT2D eigenvalue weighted by molar-refractivity contribution is 0.104. The smallest absolute Gasteiger partial charge is 0.265 e. The molecule has 3 N–H and O–H groups in total. The van der Waals surface area contributed by atoms with Crippen molar-refractivity contribution in [3.63, 3.8) is 0 Å². The molecular weight excluding hydrogens is 374 g/mol. The SMILES string of the molecule is Cn1c(=O)c(C(=O)C=Cc2c(O)c3cccnc3[nH]c2=O)c(O)c2ccccc21. The van der Waals surface area contributed by atoms with Crippen LogP contribution in [0.5, 0.6) is 11.5 Å². The Morgan fingerprint density at radius 1 is 1.07 bits per heavy atom. The molecule has 1 aromatic carbocycles. The van der Waals surface area contributed by atoms with Gasteiger partial charge < -0.3 is 19.8 Å². The van der Waals surface area contributed by atoms with Gasteiger partial charge in [0.15, 0.2) is 5.78 Å². The predicted molar refractivity (Wildman–Crippen MR) is 108 cm³/mol. The second-order valence-corrected chi connectivity index (χ2v) is 6.42. The first kappa shape index (κ1) is 18.2. The number of allylic oxidation sites excluding steroid dienone is 1. The van der Waals surface area contributed by atoms with Crippen molar-refractivity contribution >= 4 is 33.8 Å². The maximum Gasteiger partial charge on any atom is 0.265 e. The molecule has 0 atom stereocenters. The molecule has 4 rings (SSSR count). The lowest BCUT2D eigenvalue weighted by Crippen LogP contribution is -2.24. The van der Waals surface area contributed by atoms with E-state index in [0.29, 0.717) is 16.3 Å². The van der Waals surface area contributed by atoms with Gasteiger partial charge in [0.2, 0.25) is 0 Å². The fourth-order valence-corrected chi connectivity index (χ4v) is 3.22. The molecule has 0 spiro atoms. The van der Waals surface area contributed by atoms with Gasteiger partial charge in [-0.1, -0.05) is 12.1 Å². The van der Waals surface area contributed by atoms with E-state index in [0.717, 1.165) is 12.2 Å². The highest BCUT2D eigenvalue weighted by Crippen LogP contribution is 2.27. The summed E-state index contributed by atoms with van der Waals surface area (Å²) in [5.41, 5.74) is -1.20. The number of nitrogens with zero attached hydrogens (tertiary/aromatic N) is 2. The molecule has 3 heterocycles.